The summed E-state index contributed by atoms with van der Waals surface area (Å²) in [6.07, 6.45) is -2.94. The Kier molecular flexibility index (Phi) is 4.93. The Morgan fingerprint density at radius 3 is 2.25 bits per heavy atom. The van der Waals surface area contributed by atoms with E-state index in [1.165, 1.54) is 11.9 Å². The third-order valence-electron chi connectivity index (χ3n) is 2.57. The molecule has 1 saturated heterocycles. The van der Waals surface area contributed by atoms with Gasteiger partial charge in [0.05, 0.1) is 13.1 Å². The zero-order valence-electron chi connectivity index (χ0n) is 12.0. The van der Waals surface area contributed by atoms with Crippen LogP contribution in [0.4, 0.5) is 4.79 Å². The smallest absolute Gasteiger partial charge is 0.410 e. The van der Waals surface area contributed by atoms with Crippen LogP contribution in [0, 0.1) is 0 Å². The van der Waals surface area contributed by atoms with Gasteiger partial charge in [-0.3, -0.25) is 4.79 Å². The molecule has 0 aromatic carbocycles. The van der Waals surface area contributed by atoms with Crippen LogP contribution in [-0.2, 0) is 19.1 Å². The minimum absolute atomic E-state index is 0.0433. The van der Waals surface area contributed by atoms with Crippen molar-refractivity contribution in [2.45, 2.75) is 38.6 Å². The summed E-state index contributed by atoms with van der Waals surface area (Å²) in [5, 5.41) is 11.4. The monoisotopic (exact) mass is 288 g/mol. The quantitative estimate of drug-likeness (QED) is 0.730. The second kappa shape index (κ2) is 6.08. The third kappa shape index (κ3) is 4.37. The maximum atomic E-state index is 12.0. The maximum absolute atomic E-state index is 12.0. The van der Waals surface area contributed by atoms with Crippen LogP contribution in [0.2, 0.25) is 0 Å². The van der Waals surface area contributed by atoms with Gasteiger partial charge in [-0.1, -0.05) is 0 Å². The molecule has 0 unspecified atom stereocenters. The van der Waals surface area contributed by atoms with Crippen molar-refractivity contribution < 1.29 is 29.0 Å². The zero-order valence-corrected chi connectivity index (χ0v) is 12.0. The molecule has 1 rings (SSSR count). The Labute approximate surface area is 117 Å². The predicted octanol–water partition coefficient (Wildman–Crippen LogP) is -0.178. The van der Waals surface area contributed by atoms with Crippen LogP contribution < -0.4 is 5.32 Å². The number of carbonyl (C=O) groups excluding carboxylic acids is 2. The summed E-state index contributed by atoms with van der Waals surface area (Å²) in [7, 11) is 1.41. The Balaban J connectivity index is 2.82. The SMILES string of the molecule is CNC(=O)[C@@H]1CN(C(=O)OC(C)(C)C)C[C@H](C(=O)O)O1. The van der Waals surface area contributed by atoms with Crippen molar-refractivity contribution in [1.29, 1.82) is 0 Å². The first kappa shape index (κ1) is 16.2. The van der Waals surface area contributed by atoms with Gasteiger partial charge >= 0.3 is 12.1 Å². The van der Waals surface area contributed by atoms with Gasteiger partial charge < -0.3 is 24.8 Å². The summed E-state index contributed by atoms with van der Waals surface area (Å²) >= 11 is 0. The van der Waals surface area contributed by atoms with E-state index in [1.54, 1.807) is 20.8 Å². The van der Waals surface area contributed by atoms with Crippen LogP contribution in [0.5, 0.6) is 0 Å². The van der Waals surface area contributed by atoms with Crippen molar-refractivity contribution in [1.82, 2.24) is 10.2 Å². The van der Waals surface area contributed by atoms with Crippen LogP contribution in [0.1, 0.15) is 20.8 Å². The molecule has 1 aliphatic heterocycles. The van der Waals surface area contributed by atoms with E-state index >= 15 is 0 Å². The molecule has 2 N–H and O–H groups in total. The number of carboxylic acids is 1. The molecule has 0 aromatic rings. The van der Waals surface area contributed by atoms with Crippen LogP contribution in [-0.4, -0.2) is 65.9 Å². The van der Waals surface area contributed by atoms with Gasteiger partial charge in [0.2, 0.25) is 0 Å². The molecule has 2 atom stereocenters. The van der Waals surface area contributed by atoms with Gasteiger partial charge in [0.25, 0.3) is 5.91 Å². The number of carboxylic acid groups (broad SMARTS) is 1. The molecule has 0 bridgehead atoms. The maximum Gasteiger partial charge on any atom is 0.410 e. The molecule has 0 aromatic heterocycles. The van der Waals surface area contributed by atoms with E-state index in [1.807, 2.05) is 0 Å². The van der Waals surface area contributed by atoms with Crippen LogP contribution in [0.3, 0.4) is 0 Å². The Hall–Kier alpha value is -1.83. The van der Waals surface area contributed by atoms with Crippen molar-refractivity contribution in [3.8, 4) is 0 Å². The molecule has 1 aliphatic rings. The highest BCUT2D eigenvalue weighted by atomic mass is 16.6. The number of carbonyl (C=O) groups is 3. The summed E-state index contributed by atoms with van der Waals surface area (Å²) in [5.74, 6) is -1.71. The van der Waals surface area contributed by atoms with E-state index < -0.39 is 35.8 Å². The highest BCUT2D eigenvalue weighted by Crippen LogP contribution is 2.16. The molecule has 0 saturated carbocycles. The van der Waals surface area contributed by atoms with Crippen molar-refractivity contribution in [2.75, 3.05) is 20.1 Å². The molecular formula is C12H20N2O6. The zero-order chi connectivity index (χ0) is 15.5. The van der Waals surface area contributed by atoms with Crippen molar-refractivity contribution >= 4 is 18.0 Å². The molecular weight excluding hydrogens is 268 g/mol. The van der Waals surface area contributed by atoms with Gasteiger partial charge in [0.15, 0.2) is 12.2 Å². The molecule has 0 aliphatic carbocycles. The van der Waals surface area contributed by atoms with Gasteiger partial charge in [0.1, 0.15) is 5.60 Å². The number of likely N-dealkylation sites (N-methyl/N-ethyl adjacent to an activating group) is 1. The molecule has 0 spiro atoms. The normalized spacial score (nSPS) is 23.1. The highest BCUT2D eigenvalue weighted by Gasteiger charge is 2.38. The fourth-order valence-corrected chi connectivity index (χ4v) is 1.68. The molecule has 0 radical (unpaired) electrons. The first-order valence-electron chi connectivity index (χ1n) is 6.22. The molecule has 2 amide bonds. The minimum atomic E-state index is -1.25. The summed E-state index contributed by atoms with van der Waals surface area (Å²) in [6.45, 7) is 4.92. The number of morpholine rings is 1. The summed E-state index contributed by atoms with van der Waals surface area (Å²) < 4.78 is 10.3. The Morgan fingerprint density at radius 1 is 1.25 bits per heavy atom. The van der Waals surface area contributed by atoms with Gasteiger partial charge in [0, 0.05) is 7.05 Å². The number of ether oxygens (including phenoxy) is 2. The first-order valence-corrected chi connectivity index (χ1v) is 6.22. The van der Waals surface area contributed by atoms with E-state index in [0.29, 0.717) is 0 Å². The average Bonchev–Trinajstić information content (AvgIpc) is 2.35. The minimum Gasteiger partial charge on any atom is -0.479 e. The fraction of sp³-hybridized carbons (Fsp3) is 0.750. The van der Waals surface area contributed by atoms with Crippen LogP contribution in [0.25, 0.3) is 0 Å². The average molecular weight is 288 g/mol. The van der Waals surface area contributed by atoms with E-state index in [-0.39, 0.29) is 13.1 Å². The number of nitrogens with zero attached hydrogens (tertiary/aromatic N) is 1. The Morgan fingerprint density at radius 2 is 1.80 bits per heavy atom. The first-order chi connectivity index (χ1) is 9.14. The topological polar surface area (TPSA) is 105 Å². The predicted molar refractivity (Wildman–Crippen MR) is 68.2 cm³/mol. The number of aliphatic carboxylic acids is 1. The summed E-state index contributed by atoms with van der Waals surface area (Å²) in [4.78, 5) is 35.7. The lowest BCUT2D eigenvalue weighted by Crippen LogP contribution is -2.57. The number of rotatable bonds is 2. The fourth-order valence-electron chi connectivity index (χ4n) is 1.68. The number of nitrogens with one attached hydrogen (secondary N) is 1. The Bertz CT molecular complexity index is 403. The van der Waals surface area contributed by atoms with E-state index in [0.717, 1.165) is 0 Å². The molecule has 8 nitrogen and oxygen atoms in total. The van der Waals surface area contributed by atoms with Gasteiger partial charge in [-0.2, -0.15) is 0 Å². The van der Waals surface area contributed by atoms with Gasteiger partial charge in [-0.15, -0.1) is 0 Å². The molecule has 1 fully saturated rings. The number of amides is 2. The largest absolute Gasteiger partial charge is 0.479 e. The molecule has 1 heterocycles. The van der Waals surface area contributed by atoms with E-state index in [2.05, 4.69) is 5.32 Å². The van der Waals surface area contributed by atoms with E-state index in [4.69, 9.17) is 14.6 Å². The molecule has 8 heteroatoms. The van der Waals surface area contributed by atoms with Crippen LogP contribution >= 0.6 is 0 Å². The third-order valence-corrected chi connectivity index (χ3v) is 2.57. The standard InChI is InChI=1S/C12H20N2O6/c1-12(2,3)20-11(18)14-5-7(9(15)13-4)19-8(6-14)10(16)17/h7-8H,5-6H2,1-4H3,(H,13,15)(H,16,17)/t7-,8+/m0/s1. The number of hydrogen-bond donors (Lipinski definition) is 2. The molecule has 20 heavy (non-hydrogen) atoms. The summed E-state index contributed by atoms with van der Waals surface area (Å²) in [6, 6.07) is 0. The van der Waals surface area contributed by atoms with Gasteiger partial charge in [-0.05, 0) is 20.8 Å². The highest BCUT2D eigenvalue weighted by molar-refractivity contribution is 5.83. The lowest BCUT2D eigenvalue weighted by molar-refractivity contribution is -0.167. The molecule has 114 valence electrons. The van der Waals surface area contributed by atoms with E-state index in [9.17, 15) is 14.4 Å². The number of hydrogen-bond acceptors (Lipinski definition) is 5. The second-order valence-corrected chi connectivity index (χ2v) is 5.45. The van der Waals surface area contributed by atoms with Crippen LogP contribution in [0.15, 0.2) is 0 Å². The van der Waals surface area contributed by atoms with Crippen molar-refractivity contribution in [3.05, 3.63) is 0 Å². The van der Waals surface area contributed by atoms with Gasteiger partial charge in [-0.25, -0.2) is 9.59 Å². The summed E-state index contributed by atoms with van der Waals surface area (Å²) in [5.41, 5.74) is -0.698. The van der Waals surface area contributed by atoms with Crippen molar-refractivity contribution in [2.24, 2.45) is 0 Å². The second-order valence-electron chi connectivity index (χ2n) is 5.45. The van der Waals surface area contributed by atoms with Crippen molar-refractivity contribution in [3.63, 3.8) is 0 Å². The lowest BCUT2D eigenvalue weighted by atomic mass is 10.2. The lowest BCUT2D eigenvalue weighted by Gasteiger charge is -2.36.